The van der Waals surface area contributed by atoms with Crippen LogP contribution in [0.2, 0.25) is 0 Å². The second kappa shape index (κ2) is 6.07. The van der Waals surface area contributed by atoms with E-state index < -0.39 is 36.3 Å². The number of carbonyl (C=O) groups excluding carboxylic acids is 2. The van der Waals surface area contributed by atoms with Gasteiger partial charge in [-0.05, 0) is 5.41 Å². The molecule has 1 unspecified atom stereocenters. The third-order valence-electron chi connectivity index (χ3n) is 3.62. The van der Waals surface area contributed by atoms with Gasteiger partial charge in [-0.3, -0.25) is 14.5 Å². The molecule has 0 aromatic heterocycles. The van der Waals surface area contributed by atoms with E-state index in [1.54, 1.807) is 0 Å². The van der Waals surface area contributed by atoms with E-state index in [0.29, 0.717) is 0 Å². The van der Waals surface area contributed by atoms with Gasteiger partial charge in [0.2, 0.25) is 5.91 Å². The first-order chi connectivity index (χ1) is 9.04. The van der Waals surface area contributed by atoms with Crippen LogP contribution in [0.3, 0.4) is 0 Å². The largest absolute Gasteiger partial charge is 0.461 e. The van der Waals surface area contributed by atoms with Crippen molar-refractivity contribution in [2.24, 2.45) is 16.9 Å². The van der Waals surface area contributed by atoms with Crippen molar-refractivity contribution < 1.29 is 19.4 Å². The zero-order valence-corrected chi connectivity index (χ0v) is 12.5. The molecule has 1 fully saturated rings. The molecule has 1 rings (SSSR count). The lowest BCUT2D eigenvalue weighted by Crippen LogP contribution is -2.57. The molecule has 1 aliphatic rings. The van der Waals surface area contributed by atoms with E-state index in [1.807, 2.05) is 20.8 Å². The number of aliphatic hydroxyl groups is 1. The maximum atomic E-state index is 11.5. The maximum absolute atomic E-state index is 11.5. The number of amides is 1. The van der Waals surface area contributed by atoms with Gasteiger partial charge in [-0.1, -0.05) is 20.8 Å². The third kappa shape index (κ3) is 3.91. The van der Waals surface area contributed by atoms with Gasteiger partial charge in [-0.25, -0.2) is 0 Å². The summed E-state index contributed by atoms with van der Waals surface area (Å²) >= 11 is 0. The summed E-state index contributed by atoms with van der Waals surface area (Å²) in [4.78, 5) is 24.0. The normalized spacial score (nSPS) is 27.1. The lowest BCUT2D eigenvalue weighted by atomic mass is 9.86. The molecular formula is C13H25N3O4. The fourth-order valence-electron chi connectivity index (χ4n) is 2.37. The number of primary amides is 1. The highest BCUT2D eigenvalue weighted by atomic mass is 16.5. The Hall–Kier alpha value is -1.18. The summed E-state index contributed by atoms with van der Waals surface area (Å²) in [5.41, 5.74) is 11.1. The number of likely N-dealkylation sites (tertiary alicyclic amines) is 1. The fraction of sp³-hybridized carbons (Fsp3) is 0.846. The number of nitrogens with zero attached hydrogens (tertiary/aromatic N) is 1. The Bertz CT molecular complexity index is 380. The summed E-state index contributed by atoms with van der Waals surface area (Å²) in [6.45, 7) is 7.26. The predicted molar refractivity (Wildman–Crippen MR) is 73.3 cm³/mol. The Morgan fingerprint density at radius 3 is 2.35 bits per heavy atom. The Kier molecular flexibility index (Phi) is 5.12. The molecule has 0 aromatic carbocycles. The van der Waals surface area contributed by atoms with Crippen LogP contribution in [0.4, 0.5) is 0 Å². The van der Waals surface area contributed by atoms with Crippen LogP contribution < -0.4 is 11.5 Å². The van der Waals surface area contributed by atoms with Gasteiger partial charge in [-0.2, -0.15) is 0 Å². The van der Waals surface area contributed by atoms with Crippen molar-refractivity contribution in [3.8, 4) is 0 Å². The van der Waals surface area contributed by atoms with E-state index in [4.69, 9.17) is 16.2 Å². The quantitative estimate of drug-likeness (QED) is 0.581. The maximum Gasteiger partial charge on any atom is 0.302 e. The van der Waals surface area contributed by atoms with Crippen LogP contribution in [0, 0.1) is 5.41 Å². The van der Waals surface area contributed by atoms with E-state index in [1.165, 1.54) is 11.8 Å². The molecule has 116 valence electrons. The lowest BCUT2D eigenvalue weighted by Gasteiger charge is -2.37. The molecule has 1 saturated heterocycles. The fourth-order valence-corrected chi connectivity index (χ4v) is 2.37. The van der Waals surface area contributed by atoms with Crippen LogP contribution in [0.5, 0.6) is 0 Å². The molecule has 0 spiro atoms. The van der Waals surface area contributed by atoms with Crippen LogP contribution in [0.25, 0.3) is 0 Å². The van der Waals surface area contributed by atoms with Crippen molar-refractivity contribution in [1.29, 1.82) is 0 Å². The minimum absolute atomic E-state index is 0.248. The van der Waals surface area contributed by atoms with Gasteiger partial charge >= 0.3 is 5.97 Å². The summed E-state index contributed by atoms with van der Waals surface area (Å²) in [7, 11) is 0. The summed E-state index contributed by atoms with van der Waals surface area (Å²) in [5, 5.41) is 10.4. The summed E-state index contributed by atoms with van der Waals surface area (Å²) < 4.78 is 5.10. The first kappa shape index (κ1) is 16.9. The number of hydrogen-bond donors (Lipinski definition) is 3. The number of nitrogens with two attached hydrogens (primary N) is 2. The van der Waals surface area contributed by atoms with Crippen molar-refractivity contribution in [2.75, 3.05) is 6.54 Å². The number of aliphatic hydroxyl groups excluding tert-OH is 1. The molecule has 7 nitrogen and oxygen atoms in total. The van der Waals surface area contributed by atoms with Crippen molar-refractivity contribution in [1.82, 2.24) is 4.90 Å². The van der Waals surface area contributed by atoms with Crippen LogP contribution >= 0.6 is 0 Å². The first-order valence-electron chi connectivity index (χ1n) is 6.70. The average molecular weight is 287 g/mol. The molecule has 0 bridgehead atoms. The van der Waals surface area contributed by atoms with Gasteiger partial charge in [0.15, 0.2) is 0 Å². The van der Waals surface area contributed by atoms with Gasteiger partial charge in [-0.15, -0.1) is 0 Å². The van der Waals surface area contributed by atoms with Gasteiger partial charge in [0.25, 0.3) is 0 Å². The molecular weight excluding hydrogens is 262 g/mol. The smallest absolute Gasteiger partial charge is 0.302 e. The monoisotopic (exact) mass is 287 g/mol. The Labute approximate surface area is 119 Å². The first-order valence-corrected chi connectivity index (χ1v) is 6.70. The van der Waals surface area contributed by atoms with E-state index >= 15 is 0 Å². The number of hydrogen-bond acceptors (Lipinski definition) is 6. The van der Waals surface area contributed by atoms with Gasteiger partial charge < -0.3 is 21.3 Å². The molecule has 0 saturated carbocycles. The zero-order chi connectivity index (χ0) is 15.7. The second-order valence-corrected chi connectivity index (χ2v) is 6.39. The number of ether oxygens (including phenoxy) is 1. The van der Waals surface area contributed by atoms with Gasteiger partial charge in [0, 0.05) is 25.9 Å². The van der Waals surface area contributed by atoms with Gasteiger partial charge in [0.05, 0.1) is 6.04 Å². The Morgan fingerprint density at radius 2 is 1.95 bits per heavy atom. The molecule has 4 atom stereocenters. The molecule has 0 radical (unpaired) electrons. The van der Waals surface area contributed by atoms with Crippen LogP contribution in [-0.2, 0) is 14.3 Å². The average Bonchev–Trinajstić information content (AvgIpc) is 2.68. The third-order valence-corrected chi connectivity index (χ3v) is 3.62. The van der Waals surface area contributed by atoms with Crippen molar-refractivity contribution in [2.45, 2.75) is 58.5 Å². The molecule has 0 aliphatic carbocycles. The highest BCUT2D eigenvalue weighted by Crippen LogP contribution is 2.28. The van der Waals surface area contributed by atoms with E-state index in [0.717, 1.165) is 0 Å². The van der Waals surface area contributed by atoms with Crippen molar-refractivity contribution in [3.63, 3.8) is 0 Å². The molecule has 1 amide bonds. The number of rotatable bonds is 4. The molecule has 20 heavy (non-hydrogen) atoms. The van der Waals surface area contributed by atoms with Crippen LogP contribution in [0.1, 0.15) is 34.1 Å². The van der Waals surface area contributed by atoms with Crippen LogP contribution in [-0.4, -0.2) is 52.8 Å². The minimum atomic E-state index is -1.02. The second-order valence-electron chi connectivity index (χ2n) is 6.39. The Balaban J connectivity index is 2.85. The standard InChI is InChI=1S/C13H25N3O4/c1-7(17)20-8-5-9(11(15)18)16(6-8)12(19)10(14)13(2,3)4/h8-10,12,19H,5-6,14H2,1-4H3,(H2,15,18)/t8-,9+,10-,12?/m1/s1. The summed E-state index contributed by atoms with van der Waals surface area (Å²) in [5.74, 6) is -0.977. The van der Waals surface area contributed by atoms with Crippen molar-refractivity contribution in [3.05, 3.63) is 0 Å². The highest BCUT2D eigenvalue weighted by molar-refractivity contribution is 5.80. The lowest BCUT2D eigenvalue weighted by molar-refractivity contribution is -0.146. The predicted octanol–water partition coefficient (Wildman–Crippen LogP) is -0.830. The molecule has 0 aromatic rings. The number of carbonyl (C=O) groups is 2. The summed E-state index contributed by atoms with van der Waals surface area (Å²) in [6, 6.07) is -1.23. The SMILES string of the molecule is CC(=O)O[C@@H]1C[C@@H](C(N)=O)N(C(O)[C@@H](N)C(C)(C)C)C1. The van der Waals surface area contributed by atoms with Gasteiger partial charge in [0.1, 0.15) is 12.3 Å². The Morgan fingerprint density at radius 1 is 1.40 bits per heavy atom. The van der Waals surface area contributed by atoms with Crippen molar-refractivity contribution >= 4 is 11.9 Å². The summed E-state index contributed by atoms with van der Waals surface area (Å²) in [6.07, 6.45) is -1.19. The molecule has 1 heterocycles. The van der Waals surface area contributed by atoms with Crippen LogP contribution in [0.15, 0.2) is 0 Å². The minimum Gasteiger partial charge on any atom is -0.461 e. The van der Waals surface area contributed by atoms with E-state index in [9.17, 15) is 14.7 Å². The van der Waals surface area contributed by atoms with E-state index in [-0.39, 0.29) is 18.4 Å². The molecule has 7 heteroatoms. The highest BCUT2D eigenvalue weighted by Gasteiger charge is 2.44. The molecule has 5 N–H and O–H groups in total. The topological polar surface area (TPSA) is 119 Å². The van der Waals surface area contributed by atoms with E-state index in [2.05, 4.69) is 0 Å². The molecule has 1 aliphatic heterocycles. The number of esters is 1. The zero-order valence-electron chi connectivity index (χ0n) is 12.5.